The van der Waals surface area contributed by atoms with E-state index < -0.39 is 6.61 Å². The summed E-state index contributed by atoms with van der Waals surface area (Å²) in [4.78, 5) is 0. The summed E-state index contributed by atoms with van der Waals surface area (Å²) in [6.45, 7) is -2.84. The smallest absolute Gasteiger partial charge is 0.387 e. The molecule has 0 heterocycles. The number of hydrogen-bond donors (Lipinski definition) is 1. The van der Waals surface area contributed by atoms with E-state index in [1.165, 1.54) is 30.3 Å². The first kappa shape index (κ1) is 11.0. The Morgan fingerprint density at radius 2 is 2.00 bits per heavy atom. The third kappa shape index (κ3) is 3.27. The van der Waals surface area contributed by atoms with Gasteiger partial charge in [-0.15, -0.1) is 0 Å². The molecule has 0 amide bonds. The van der Waals surface area contributed by atoms with Crippen molar-refractivity contribution < 1.29 is 13.5 Å². The lowest BCUT2D eigenvalue weighted by atomic mass is 10.1. The van der Waals surface area contributed by atoms with Crippen molar-refractivity contribution >= 4 is 5.70 Å². The SMILES string of the molecule is N#C/C=C(/N)c1ccc(OC(F)F)cc1. The van der Waals surface area contributed by atoms with Crippen molar-refractivity contribution in [2.75, 3.05) is 0 Å². The molecule has 15 heavy (non-hydrogen) atoms. The second-order valence-corrected chi connectivity index (χ2v) is 2.63. The average Bonchev–Trinajstić information content (AvgIpc) is 2.18. The van der Waals surface area contributed by atoms with Gasteiger partial charge >= 0.3 is 6.61 Å². The fraction of sp³-hybridized carbons (Fsp3) is 0.100. The molecular formula is C10H8F2N2O. The number of alkyl halides is 2. The van der Waals surface area contributed by atoms with Gasteiger partial charge in [0.2, 0.25) is 0 Å². The van der Waals surface area contributed by atoms with Crippen molar-refractivity contribution in [1.82, 2.24) is 0 Å². The van der Waals surface area contributed by atoms with Gasteiger partial charge < -0.3 is 10.5 Å². The van der Waals surface area contributed by atoms with Gasteiger partial charge in [0.05, 0.1) is 6.07 Å². The zero-order valence-corrected chi connectivity index (χ0v) is 7.65. The standard InChI is InChI=1S/C10H8F2N2O/c11-10(12)15-8-3-1-7(2-4-8)9(14)5-6-13/h1-5,10H,14H2/b9-5+. The van der Waals surface area contributed by atoms with Gasteiger partial charge in [0.15, 0.2) is 0 Å². The molecule has 0 spiro atoms. The van der Waals surface area contributed by atoms with Gasteiger partial charge in [-0.1, -0.05) is 0 Å². The molecule has 0 aliphatic heterocycles. The average molecular weight is 210 g/mol. The molecule has 1 aromatic rings. The summed E-state index contributed by atoms with van der Waals surface area (Å²) in [7, 11) is 0. The fourth-order valence-electron chi connectivity index (χ4n) is 0.982. The number of nitriles is 1. The van der Waals surface area contributed by atoms with Gasteiger partial charge in [0.25, 0.3) is 0 Å². The summed E-state index contributed by atoms with van der Waals surface area (Å²) in [6.07, 6.45) is 1.17. The van der Waals surface area contributed by atoms with Crippen LogP contribution >= 0.6 is 0 Å². The highest BCUT2D eigenvalue weighted by atomic mass is 19.3. The van der Waals surface area contributed by atoms with E-state index in [1.807, 2.05) is 0 Å². The Labute approximate surface area is 85.4 Å². The van der Waals surface area contributed by atoms with E-state index in [9.17, 15) is 8.78 Å². The lowest BCUT2D eigenvalue weighted by Gasteiger charge is -2.05. The first-order valence-corrected chi connectivity index (χ1v) is 4.04. The first-order chi connectivity index (χ1) is 7.13. The number of benzene rings is 1. The highest BCUT2D eigenvalue weighted by Crippen LogP contribution is 2.17. The van der Waals surface area contributed by atoms with Crippen LogP contribution in [-0.4, -0.2) is 6.61 Å². The van der Waals surface area contributed by atoms with Gasteiger partial charge in [-0.05, 0) is 29.8 Å². The summed E-state index contributed by atoms with van der Waals surface area (Å²) < 4.78 is 27.7. The Morgan fingerprint density at radius 1 is 1.40 bits per heavy atom. The van der Waals surface area contributed by atoms with Crippen LogP contribution in [0.1, 0.15) is 5.56 Å². The Kier molecular flexibility index (Phi) is 3.63. The Balaban J connectivity index is 2.82. The number of nitrogens with two attached hydrogens (primary N) is 1. The van der Waals surface area contributed by atoms with Crippen LogP contribution in [0.3, 0.4) is 0 Å². The second-order valence-electron chi connectivity index (χ2n) is 2.63. The molecule has 0 radical (unpaired) electrons. The lowest BCUT2D eigenvalue weighted by Crippen LogP contribution is -2.02. The molecule has 0 aromatic heterocycles. The van der Waals surface area contributed by atoms with Gasteiger partial charge in [-0.3, -0.25) is 0 Å². The van der Waals surface area contributed by atoms with E-state index in [1.54, 1.807) is 6.07 Å². The molecule has 0 saturated heterocycles. The topological polar surface area (TPSA) is 59.0 Å². The van der Waals surface area contributed by atoms with Gasteiger partial charge in [-0.2, -0.15) is 14.0 Å². The molecular weight excluding hydrogens is 202 g/mol. The molecule has 0 aliphatic rings. The van der Waals surface area contributed by atoms with Gasteiger partial charge in [0, 0.05) is 11.8 Å². The van der Waals surface area contributed by atoms with Crippen molar-refractivity contribution in [2.45, 2.75) is 6.61 Å². The largest absolute Gasteiger partial charge is 0.435 e. The van der Waals surface area contributed by atoms with Crippen molar-refractivity contribution in [3.05, 3.63) is 35.9 Å². The number of rotatable bonds is 3. The third-order valence-electron chi connectivity index (χ3n) is 1.63. The molecule has 5 heteroatoms. The molecule has 0 bridgehead atoms. The minimum atomic E-state index is -2.84. The normalized spacial score (nSPS) is 11.2. The molecule has 0 fully saturated rings. The number of halogens is 2. The van der Waals surface area contributed by atoms with Crippen LogP contribution in [-0.2, 0) is 0 Å². The summed E-state index contributed by atoms with van der Waals surface area (Å²) in [5, 5.41) is 8.34. The van der Waals surface area contributed by atoms with E-state index in [-0.39, 0.29) is 11.4 Å². The molecule has 78 valence electrons. The van der Waals surface area contributed by atoms with Crippen molar-refractivity contribution in [1.29, 1.82) is 5.26 Å². The molecule has 0 unspecified atom stereocenters. The molecule has 0 aliphatic carbocycles. The first-order valence-electron chi connectivity index (χ1n) is 4.04. The van der Waals surface area contributed by atoms with Crippen molar-refractivity contribution in [3.8, 4) is 11.8 Å². The lowest BCUT2D eigenvalue weighted by molar-refractivity contribution is -0.0498. The molecule has 3 nitrogen and oxygen atoms in total. The van der Waals surface area contributed by atoms with E-state index >= 15 is 0 Å². The molecule has 0 atom stereocenters. The predicted molar refractivity (Wildman–Crippen MR) is 50.9 cm³/mol. The van der Waals surface area contributed by atoms with E-state index in [4.69, 9.17) is 11.0 Å². The molecule has 1 aromatic carbocycles. The van der Waals surface area contributed by atoms with Crippen molar-refractivity contribution in [2.24, 2.45) is 5.73 Å². The number of allylic oxidation sites excluding steroid dienone is 1. The predicted octanol–water partition coefficient (Wildman–Crippen LogP) is 2.11. The van der Waals surface area contributed by atoms with Crippen LogP contribution in [0.5, 0.6) is 5.75 Å². The monoisotopic (exact) mass is 210 g/mol. The van der Waals surface area contributed by atoms with E-state index in [0.717, 1.165) is 0 Å². The maximum absolute atomic E-state index is 11.8. The van der Waals surface area contributed by atoms with Gasteiger partial charge in [0.1, 0.15) is 5.75 Å². The minimum Gasteiger partial charge on any atom is -0.435 e. The minimum absolute atomic E-state index is 0.0542. The van der Waals surface area contributed by atoms with Crippen LogP contribution in [0.25, 0.3) is 5.70 Å². The number of hydrogen-bond acceptors (Lipinski definition) is 3. The summed E-state index contributed by atoms with van der Waals surface area (Å²) in [5.74, 6) is 0.0542. The van der Waals surface area contributed by atoms with Crippen LogP contribution in [0, 0.1) is 11.3 Å². The van der Waals surface area contributed by atoms with Gasteiger partial charge in [-0.25, -0.2) is 0 Å². The Hall–Kier alpha value is -2.09. The number of nitrogens with zero attached hydrogens (tertiary/aromatic N) is 1. The quantitative estimate of drug-likeness (QED) is 0.777. The maximum Gasteiger partial charge on any atom is 0.387 e. The van der Waals surface area contributed by atoms with Crippen LogP contribution in [0.4, 0.5) is 8.78 Å². The third-order valence-corrected chi connectivity index (χ3v) is 1.63. The molecule has 1 rings (SSSR count). The zero-order chi connectivity index (χ0) is 11.3. The molecule has 2 N–H and O–H groups in total. The van der Waals surface area contributed by atoms with E-state index in [2.05, 4.69) is 4.74 Å². The maximum atomic E-state index is 11.8. The number of ether oxygens (including phenoxy) is 1. The van der Waals surface area contributed by atoms with Crippen LogP contribution < -0.4 is 10.5 Å². The Bertz CT molecular complexity index is 393. The van der Waals surface area contributed by atoms with Crippen molar-refractivity contribution in [3.63, 3.8) is 0 Å². The zero-order valence-electron chi connectivity index (χ0n) is 7.65. The second kappa shape index (κ2) is 4.96. The Morgan fingerprint density at radius 3 is 2.47 bits per heavy atom. The van der Waals surface area contributed by atoms with E-state index in [0.29, 0.717) is 5.56 Å². The highest BCUT2D eigenvalue weighted by Gasteiger charge is 2.04. The summed E-state index contributed by atoms with van der Waals surface area (Å²) in [6, 6.07) is 7.50. The highest BCUT2D eigenvalue weighted by molar-refractivity contribution is 5.65. The summed E-state index contributed by atoms with van der Waals surface area (Å²) >= 11 is 0. The van der Waals surface area contributed by atoms with Crippen LogP contribution in [0.15, 0.2) is 30.3 Å². The molecule has 0 saturated carbocycles. The summed E-state index contributed by atoms with van der Waals surface area (Å²) in [5.41, 5.74) is 6.37. The fourth-order valence-corrected chi connectivity index (χ4v) is 0.982. The van der Waals surface area contributed by atoms with Crippen LogP contribution in [0.2, 0.25) is 0 Å².